The van der Waals surface area contributed by atoms with Crippen LogP contribution in [0.1, 0.15) is 42.7 Å². The van der Waals surface area contributed by atoms with E-state index in [4.69, 9.17) is 0 Å². The van der Waals surface area contributed by atoms with Gasteiger partial charge in [-0.25, -0.2) is 10.9 Å². The molecule has 2 fully saturated rings. The predicted molar refractivity (Wildman–Crippen MR) is 90.7 cm³/mol. The summed E-state index contributed by atoms with van der Waals surface area (Å²) >= 11 is 0. The number of benzene rings is 1. The molecule has 1 aromatic carbocycles. The highest BCUT2D eigenvalue weighted by Gasteiger charge is 2.23. The molecule has 4 rings (SSSR count). The van der Waals surface area contributed by atoms with E-state index >= 15 is 0 Å². The maximum Gasteiger partial charge on any atom is 0.0752 e. The first kappa shape index (κ1) is 13.9. The highest BCUT2D eigenvalue weighted by atomic mass is 15.8. The van der Waals surface area contributed by atoms with Gasteiger partial charge in [-0.3, -0.25) is 0 Å². The molecule has 1 aromatic rings. The van der Waals surface area contributed by atoms with Gasteiger partial charge in [-0.05, 0) is 48.3 Å². The molecule has 1 heterocycles. The summed E-state index contributed by atoms with van der Waals surface area (Å²) in [5.41, 5.74) is 10.6. The lowest BCUT2D eigenvalue weighted by atomic mass is 10.1. The molecule has 0 radical (unpaired) electrons. The van der Waals surface area contributed by atoms with E-state index in [-0.39, 0.29) is 0 Å². The van der Waals surface area contributed by atoms with Crippen LogP contribution >= 0.6 is 0 Å². The van der Waals surface area contributed by atoms with Crippen LogP contribution < -0.4 is 10.9 Å². The van der Waals surface area contributed by atoms with Gasteiger partial charge in [0.25, 0.3) is 0 Å². The van der Waals surface area contributed by atoms with E-state index in [1.54, 1.807) is 0 Å². The summed E-state index contributed by atoms with van der Waals surface area (Å²) in [5.74, 6) is 0.839. The molecule has 0 amide bonds. The summed E-state index contributed by atoms with van der Waals surface area (Å²) in [7, 11) is 0. The van der Waals surface area contributed by atoms with Crippen molar-refractivity contribution in [2.45, 2.75) is 37.6 Å². The van der Waals surface area contributed by atoms with Crippen molar-refractivity contribution in [3.05, 3.63) is 65.3 Å². The summed E-state index contributed by atoms with van der Waals surface area (Å²) < 4.78 is 0. The highest BCUT2D eigenvalue weighted by Crippen LogP contribution is 2.39. The molecule has 0 aromatic heterocycles. The van der Waals surface area contributed by atoms with Gasteiger partial charge in [0.05, 0.1) is 6.67 Å². The normalized spacial score (nSPS) is 25.8. The lowest BCUT2D eigenvalue weighted by molar-refractivity contribution is -0.0341. The van der Waals surface area contributed by atoms with E-state index in [9.17, 15) is 0 Å². The minimum absolute atomic E-state index is 0.508. The second-order valence-electron chi connectivity index (χ2n) is 6.37. The van der Waals surface area contributed by atoms with Crippen LogP contribution in [0.3, 0.4) is 0 Å². The zero-order chi connectivity index (χ0) is 14.8. The Hall–Kier alpha value is -1.68. The predicted octanol–water partition coefficient (Wildman–Crippen LogP) is 3.50. The van der Waals surface area contributed by atoms with Gasteiger partial charge in [0, 0.05) is 6.04 Å². The highest BCUT2D eigenvalue weighted by molar-refractivity contribution is 5.55. The van der Waals surface area contributed by atoms with Gasteiger partial charge in [-0.15, -0.1) is 0 Å². The van der Waals surface area contributed by atoms with Crippen LogP contribution in [-0.4, -0.2) is 17.8 Å². The number of allylic oxidation sites excluding steroid dienone is 3. The van der Waals surface area contributed by atoms with Crippen LogP contribution in [0.2, 0.25) is 0 Å². The van der Waals surface area contributed by atoms with Crippen molar-refractivity contribution < 1.29 is 0 Å². The molecule has 2 aliphatic carbocycles. The van der Waals surface area contributed by atoms with Gasteiger partial charge in [-0.2, -0.15) is 5.12 Å². The minimum Gasteiger partial charge on any atom is -0.226 e. The van der Waals surface area contributed by atoms with Crippen LogP contribution in [0.4, 0.5) is 0 Å². The van der Waals surface area contributed by atoms with E-state index in [2.05, 4.69) is 70.6 Å². The van der Waals surface area contributed by atoms with Crippen molar-refractivity contribution in [1.29, 1.82) is 0 Å². The first-order chi connectivity index (χ1) is 10.9. The Morgan fingerprint density at radius 2 is 1.82 bits per heavy atom. The van der Waals surface area contributed by atoms with Gasteiger partial charge < -0.3 is 0 Å². The van der Waals surface area contributed by atoms with Crippen LogP contribution in [0.5, 0.6) is 0 Å². The molecule has 22 heavy (non-hydrogen) atoms. The van der Waals surface area contributed by atoms with Gasteiger partial charge in [0.2, 0.25) is 0 Å². The fourth-order valence-corrected chi connectivity index (χ4v) is 3.05. The first-order valence-corrected chi connectivity index (χ1v) is 8.29. The summed E-state index contributed by atoms with van der Waals surface area (Å²) in [4.78, 5) is 0. The van der Waals surface area contributed by atoms with Crippen molar-refractivity contribution in [2.75, 3.05) is 6.67 Å². The number of nitrogens with zero attached hydrogens (tertiary/aromatic N) is 1. The Morgan fingerprint density at radius 3 is 2.50 bits per heavy atom. The Morgan fingerprint density at radius 1 is 1.00 bits per heavy atom. The lowest BCUT2D eigenvalue weighted by Gasteiger charge is -2.38. The molecule has 3 aliphatic rings. The summed E-state index contributed by atoms with van der Waals surface area (Å²) in [5, 5.41) is 2.12. The number of hydrogen-bond acceptors (Lipinski definition) is 3. The molecule has 0 unspecified atom stereocenters. The van der Waals surface area contributed by atoms with Crippen molar-refractivity contribution in [3.8, 4) is 0 Å². The SMILES string of the molecule is C1=CC(/C=C/c2ccc(C3CC3)cc2)=CC[C@H](N2NCN2)C1. The Kier molecular flexibility index (Phi) is 3.94. The molecule has 3 heteroatoms. The Balaban J connectivity index is 1.39. The third-order valence-corrected chi connectivity index (χ3v) is 4.66. The van der Waals surface area contributed by atoms with Gasteiger partial charge in [0.1, 0.15) is 0 Å². The summed E-state index contributed by atoms with van der Waals surface area (Å²) in [6, 6.07) is 9.55. The zero-order valence-corrected chi connectivity index (χ0v) is 12.8. The molecular weight excluding hydrogens is 270 g/mol. The molecule has 2 N–H and O–H groups in total. The molecule has 1 aliphatic heterocycles. The van der Waals surface area contributed by atoms with E-state index in [0.29, 0.717) is 6.04 Å². The number of nitrogens with one attached hydrogen (secondary N) is 2. The van der Waals surface area contributed by atoms with Crippen molar-refractivity contribution in [2.24, 2.45) is 0 Å². The quantitative estimate of drug-likeness (QED) is 0.889. The fraction of sp³-hybridized carbons (Fsp3) is 0.368. The first-order valence-electron chi connectivity index (χ1n) is 8.29. The number of hydrogen-bond donors (Lipinski definition) is 2. The second-order valence-corrected chi connectivity index (χ2v) is 6.37. The largest absolute Gasteiger partial charge is 0.226 e. The molecule has 3 nitrogen and oxygen atoms in total. The standard InChI is InChI=1S/C19H23N3/c1-2-15(8-13-19(3-1)22-20-14-21-22)4-5-16-6-9-17(10-7-16)18-11-12-18/h1-2,4-10,18-21H,3,11-14H2/b5-4+/t19-/m1/s1. The smallest absolute Gasteiger partial charge is 0.0752 e. The van der Waals surface area contributed by atoms with Crippen molar-refractivity contribution in [3.63, 3.8) is 0 Å². The topological polar surface area (TPSA) is 27.3 Å². The second kappa shape index (κ2) is 6.21. The van der Waals surface area contributed by atoms with Crippen LogP contribution in [0.25, 0.3) is 6.08 Å². The third kappa shape index (κ3) is 3.22. The zero-order valence-electron chi connectivity index (χ0n) is 12.8. The van der Waals surface area contributed by atoms with Gasteiger partial charge in [-0.1, -0.05) is 54.6 Å². The van der Waals surface area contributed by atoms with Crippen LogP contribution in [0.15, 0.2) is 54.1 Å². The third-order valence-electron chi connectivity index (χ3n) is 4.66. The van der Waals surface area contributed by atoms with Crippen molar-refractivity contribution >= 4 is 6.08 Å². The maximum atomic E-state index is 3.28. The molecule has 0 bridgehead atoms. The van der Waals surface area contributed by atoms with Gasteiger partial charge in [0.15, 0.2) is 0 Å². The average Bonchev–Trinajstić information content (AvgIpc) is 3.32. The minimum atomic E-state index is 0.508. The Labute approximate surface area is 132 Å². The monoisotopic (exact) mass is 293 g/mol. The summed E-state index contributed by atoms with van der Waals surface area (Å²) in [6.07, 6.45) is 16.1. The molecular formula is C19H23N3. The number of hydrazine groups is 2. The van der Waals surface area contributed by atoms with E-state index in [1.807, 2.05) is 0 Å². The van der Waals surface area contributed by atoms with E-state index in [1.165, 1.54) is 29.5 Å². The average molecular weight is 293 g/mol. The molecule has 1 saturated carbocycles. The van der Waals surface area contributed by atoms with Crippen LogP contribution in [-0.2, 0) is 0 Å². The van der Waals surface area contributed by atoms with E-state index in [0.717, 1.165) is 25.4 Å². The van der Waals surface area contributed by atoms with E-state index < -0.39 is 0 Å². The van der Waals surface area contributed by atoms with Crippen molar-refractivity contribution in [1.82, 2.24) is 16.0 Å². The lowest BCUT2D eigenvalue weighted by Crippen LogP contribution is -2.67. The molecule has 1 atom stereocenters. The molecule has 1 saturated heterocycles. The molecule has 0 spiro atoms. The maximum absolute atomic E-state index is 3.28. The summed E-state index contributed by atoms with van der Waals surface area (Å²) in [6.45, 7) is 0.882. The number of rotatable bonds is 4. The van der Waals surface area contributed by atoms with Gasteiger partial charge >= 0.3 is 0 Å². The fourth-order valence-electron chi connectivity index (χ4n) is 3.05. The Bertz CT molecular complexity index is 604. The molecule has 114 valence electrons. The van der Waals surface area contributed by atoms with Crippen LogP contribution in [0, 0.1) is 0 Å².